The van der Waals surface area contributed by atoms with E-state index < -0.39 is 17.5 Å². The highest BCUT2D eigenvalue weighted by Gasteiger charge is 2.24. The maximum Gasteiger partial charge on any atom is 0.260 e. The van der Waals surface area contributed by atoms with Gasteiger partial charge < -0.3 is 4.74 Å². The highest BCUT2D eigenvalue weighted by Crippen LogP contribution is 2.33. The Kier molecular flexibility index (Phi) is 6.05. The maximum atomic E-state index is 13.7. The number of fused-ring (bicyclic) bond motifs is 1. The Labute approximate surface area is 175 Å². The normalized spacial score (nSPS) is 15.0. The summed E-state index contributed by atoms with van der Waals surface area (Å²) in [6.07, 6.45) is 0. The van der Waals surface area contributed by atoms with Crippen LogP contribution in [0, 0.1) is 11.6 Å². The average Bonchev–Trinajstić information content (AvgIpc) is 3.16. The van der Waals surface area contributed by atoms with Crippen LogP contribution in [0.5, 0.6) is 0 Å². The zero-order chi connectivity index (χ0) is 20.4. The highest BCUT2D eigenvalue weighted by molar-refractivity contribution is 7.22. The van der Waals surface area contributed by atoms with Gasteiger partial charge in [0.1, 0.15) is 5.52 Å². The fourth-order valence-corrected chi connectivity index (χ4v) is 4.44. The third kappa shape index (κ3) is 4.40. The van der Waals surface area contributed by atoms with E-state index in [0.717, 1.165) is 29.9 Å². The summed E-state index contributed by atoms with van der Waals surface area (Å²) in [5, 5.41) is 0.967. The molecule has 1 aliphatic heterocycles. The molecule has 2 heterocycles. The second kappa shape index (κ2) is 8.71. The number of nitrogens with zero attached hydrogens (tertiary/aromatic N) is 3. The van der Waals surface area contributed by atoms with E-state index in [9.17, 15) is 13.6 Å². The number of anilines is 1. The van der Waals surface area contributed by atoms with Crippen LogP contribution in [0.4, 0.5) is 13.9 Å². The van der Waals surface area contributed by atoms with Crippen LogP contribution in [-0.2, 0) is 4.74 Å². The van der Waals surface area contributed by atoms with E-state index in [2.05, 4.69) is 9.88 Å². The second-order valence-corrected chi connectivity index (χ2v) is 8.04. The van der Waals surface area contributed by atoms with Gasteiger partial charge in [0.05, 0.1) is 22.9 Å². The smallest absolute Gasteiger partial charge is 0.260 e. The van der Waals surface area contributed by atoms with Gasteiger partial charge in [-0.15, -0.1) is 0 Å². The van der Waals surface area contributed by atoms with E-state index in [1.54, 1.807) is 6.07 Å². The predicted octanol–water partition coefficient (Wildman–Crippen LogP) is 4.21. The molecule has 0 spiro atoms. The molecule has 0 atom stereocenters. The van der Waals surface area contributed by atoms with Crippen molar-refractivity contribution >= 4 is 44.2 Å². The standard InChI is InChI=1S/C20H18ClF2N3O2S/c21-14-2-1-3-17-18(14)24-20(29-17)26(7-6-25-8-10-28-11-9-25)19(27)13-4-5-15(22)16(23)12-13/h1-5,12H,6-11H2. The Morgan fingerprint density at radius 1 is 1.21 bits per heavy atom. The Morgan fingerprint density at radius 3 is 2.72 bits per heavy atom. The number of thiazole rings is 1. The highest BCUT2D eigenvalue weighted by atomic mass is 35.5. The second-order valence-electron chi connectivity index (χ2n) is 6.62. The predicted molar refractivity (Wildman–Crippen MR) is 110 cm³/mol. The molecule has 0 unspecified atom stereocenters. The average molecular weight is 438 g/mol. The van der Waals surface area contributed by atoms with E-state index >= 15 is 0 Å². The zero-order valence-corrected chi connectivity index (χ0v) is 17.0. The number of benzene rings is 2. The van der Waals surface area contributed by atoms with Gasteiger partial charge >= 0.3 is 0 Å². The molecule has 0 N–H and O–H groups in total. The molecule has 1 aromatic heterocycles. The number of amides is 1. The first kappa shape index (κ1) is 20.2. The van der Waals surface area contributed by atoms with Gasteiger partial charge in [0.25, 0.3) is 5.91 Å². The lowest BCUT2D eigenvalue weighted by Crippen LogP contribution is -2.43. The number of hydrogen-bond acceptors (Lipinski definition) is 5. The minimum atomic E-state index is -1.06. The Balaban J connectivity index is 1.66. The molecule has 0 aliphatic carbocycles. The summed E-state index contributed by atoms with van der Waals surface area (Å²) in [7, 11) is 0. The number of para-hydroxylation sites is 1. The lowest BCUT2D eigenvalue weighted by Gasteiger charge is -2.29. The summed E-state index contributed by atoms with van der Waals surface area (Å²) < 4.78 is 33.2. The van der Waals surface area contributed by atoms with Crippen LogP contribution in [0.3, 0.4) is 0 Å². The Morgan fingerprint density at radius 2 is 2.00 bits per heavy atom. The molecule has 0 saturated carbocycles. The van der Waals surface area contributed by atoms with Crippen molar-refractivity contribution in [2.24, 2.45) is 0 Å². The molecule has 2 aromatic carbocycles. The minimum Gasteiger partial charge on any atom is -0.379 e. The van der Waals surface area contributed by atoms with Crippen molar-refractivity contribution in [3.8, 4) is 0 Å². The van der Waals surface area contributed by atoms with Crippen molar-refractivity contribution in [3.63, 3.8) is 0 Å². The molecule has 152 valence electrons. The van der Waals surface area contributed by atoms with Gasteiger partial charge in [-0.2, -0.15) is 0 Å². The number of ether oxygens (including phenoxy) is 1. The summed E-state index contributed by atoms with van der Waals surface area (Å²) in [5.41, 5.74) is 0.680. The van der Waals surface area contributed by atoms with Gasteiger partial charge in [-0.1, -0.05) is 29.0 Å². The van der Waals surface area contributed by atoms with Crippen molar-refractivity contribution in [1.29, 1.82) is 0 Å². The molecular weight excluding hydrogens is 420 g/mol. The van der Waals surface area contributed by atoms with Gasteiger partial charge in [0.2, 0.25) is 0 Å². The molecule has 3 aromatic rings. The van der Waals surface area contributed by atoms with E-state index in [1.807, 2.05) is 12.1 Å². The number of hydrogen-bond donors (Lipinski definition) is 0. The molecule has 5 nitrogen and oxygen atoms in total. The van der Waals surface area contributed by atoms with Crippen LogP contribution in [-0.4, -0.2) is 55.2 Å². The summed E-state index contributed by atoms with van der Waals surface area (Å²) in [6.45, 7) is 3.82. The monoisotopic (exact) mass is 437 g/mol. The van der Waals surface area contributed by atoms with Crippen molar-refractivity contribution < 1.29 is 18.3 Å². The van der Waals surface area contributed by atoms with Crippen LogP contribution in [0.1, 0.15) is 10.4 Å². The Hall–Kier alpha value is -2.13. The van der Waals surface area contributed by atoms with Crippen molar-refractivity contribution in [2.75, 3.05) is 44.3 Å². The number of aromatic nitrogens is 1. The van der Waals surface area contributed by atoms with Crippen LogP contribution >= 0.6 is 22.9 Å². The van der Waals surface area contributed by atoms with Gasteiger partial charge in [-0.3, -0.25) is 14.6 Å². The molecule has 9 heteroatoms. The molecule has 4 rings (SSSR count). The quantitative estimate of drug-likeness (QED) is 0.600. The fraction of sp³-hybridized carbons (Fsp3) is 0.300. The van der Waals surface area contributed by atoms with Gasteiger partial charge in [0.15, 0.2) is 16.8 Å². The molecule has 0 bridgehead atoms. The molecule has 1 fully saturated rings. The Bertz CT molecular complexity index is 1040. The first-order chi connectivity index (χ1) is 14.0. The SMILES string of the molecule is O=C(c1ccc(F)c(F)c1)N(CCN1CCOCC1)c1nc2c(Cl)cccc2s1. The van der Waals surface area contributed by atoms with Crippen LogP contribution in [0.15, 0.2) is 36.4 Å². The molecule has 1 aliphatic rings. The van der Waals surface area contributed by atoms with Crippen LogP contribution < -0.4 is 4.90 Å². The number of morpholine rings is 1. The lowest BCUT2D eigenvalue weighted by molar-refractivity contribution is 0.0391. The number of halogens is 3. The third-order valence-corrected chi connectivity index (χ3v) is 6.09. The largest absolute Gasteiger partial charge is 0.379 e. The first-order valence-corrected chi connectivity index (χ1v) is 10.3. The third-order valence-electron chi connectivity index (χ3n) is 4.74. The summed E-state index contributed by atoms with van der Waals surface area (Å²) in [5.74, 6) is -2.49. The van der Waals surface area contributed by atoms with Gasteiger partial charge in [-0.05, 0) is 30.3 Å². The minimum absolute atomic E-state index is 0.0660. The summed E-state index contributed by atoms with van der Waals surface area (Å²) >= 11 is 7.57. The lowest BCUT2D eigenvalue weighted by atomic mass is 10.2. The van der Waals surface area contributed by atoms with Crippen molar-refractivity contribution in [1.82, 2.24) is 9.88 Å². The van der Waals surface area contributed by atoms with E-state index in [1.165, 1.54) is 22.3 Å². The van der Waals surface area contributed by atoms with E-state index in [-0.39, 0.29) is 5.56 Å². The molecule has 1 saturated heterocycles. The van der Waals surface area contributed by atoms with Crippen LogP contribution in [0.25, 0.3) is 10.2 Å². The number of carbonyl (C=O) groups is 1. The van der Waals surface area contributed by atoms with E-state index in [4.69, 9.17) is 16.3 Å². The first-order valence-electron chi connectivity index (χ1n) is 9.15. The topological polar surface area (TPSA) is 45.7 Å². The van der Waals surface area contributed by atoms with Crippen molar-refractivity contribution in [3.05, 3.63) is 58.6 Å². The molecule has 0 radical (unpaired) electrons. The zero-order valence-electron chi connectivity index (χ0n) is 15.4. The van der Waals surface area contributed by atoms with Crippen LogP contribution in [0.2, 0.25) is 5.02 Å². The summed E-state index contributed by atoms with van der Waals surface area (Å²) in [6, 6.07) is 8.59. The van der Waals surface area contributed by atoms with Crippen molar-refractivity contribution in [2.45, 2.75) is 0 Å². The van der Waals surface area contributed by atoms with E-state index in [0.29, 0.717) is 42.0 Å². The molecule has 1 amide bonds. The molecule has 29 heavy (non-hydrogen) atoms. The summed E-state index contributed by atoms with van der Waals surface area (Å²) in [4.78, 5) is 21.4. The number of rotatable bonds is 5. The molecular formula is C20H18ClF2N3O2S. The van der Waals surface area contributed by atoms with Gasteiger partial charge in [0, 0.05) is 31.7 Å². The fourth-order valence-electron chi connectivity index (χ4n) is 3.15. The van der Waals surface area contributed by atoms with Gasteiger partial charge in [-0.25, -0.2) is 13.8 Å². The number of carbonyl (C=O) groups excluding carboxylic acids is 1. The maximum absolute atomic E-state index is 13.7.